The van der Waals surface area contributed by atoms with Crippen LogP contribution in [-0.4, -0.2) is 19.2 Å². The van der Waals surface area contributed by atoms with E-state index in [1.54, 1.807) is 61.7 Å². The minimum Gasteiger partial charge on any atom is -0.287 e. The zero-order valence-corrected chi connectivity index (χ0v) is 21.1. The molecule has 0 saturated carbocycles. The van der Waals surface area contributed by atoms with Crippen molar-refractivity contribution in [1.29, 1.82) is 0 Å². The topological polar surface area (TPSA) is 76.1 Å². The number of nitrogens with one attached hydrogen (secondary N) is 1. The van der Waals surface area contributed by atoms with E-state index in [0.29, 0.717) is 5.69 Å². The smallest absolute Gasteiger partial charge is 0.261 e. The third kappa shape index (κ3) is 6.50. The molecule has 0 bridgehead atoms. The van der Waals surface area contributed by atoms with Gasteiger partial charge in [-0.15, -0.1) is 0 Å². The second-order valence-electron chi connectivity index (χ2n) is 6.90. The maximum Gasteiger partial charge on any atom is 0.261 e. The van der Waals surface area contributed by atoms with Gasteiger partial charge in [-0.05, 0) is 74.7 Å². The minimum absolute atomic E-state index is 0.142. The Labute approximate surface area is 193 Å². The molecule has 6 heteroatoms. The van der Waals surface area contributed by atoms with E-state index < -0.39 is 10.0 Å². The summed E-state index contributed by atoms with van der Waals surface area (Å²) in [6.07, 6.45) is 1.55. The Morgan fingerprint density at radius 3 is 1.94 bits per heavy atom. The average molecular weight is 455 g/mol. The molecule has 0 aliphatic heterocycles. The number of rotatable bonds is 5. The molecule has 1 aromatic heterocycles. The fraction of sp³-hybridized carbons (Fsp3) is 0.308. The van der Waals surface area contributed by atoms with Gasteiger partial charge in [0, 0.05) is 11.8 Å². The Bertz CT molecular complexity index is 1150. The Morgan fingerprint density at radius 2 is 1.38 bits per heavy atom. The number of sulfonamides is 1. The maximum atomic E-state index is 13.1. The van der Waals surface area contributed by atoms with Crippen LogP contribution in [0.15, 0.2) is 59.6 Å². The number of aromatic nitrogens is 1. The lowest BCUT2D eigenvalue weighted by Crippen LogP contribution is -2.17. The van der Waals surface area contributed by atoms with E-state index >= 15 is 0 Å². The van der Waals surface area contributed by atoms with E-state index in [-0.39, 0.29) is 21.9 Å². The molecule has 0 aliphatic rings. The van der Waals surface area contributed by atoms with Crippen molar-refractivity contribution < 1.29 is 13.2 Å². The van der Waals surface area contributed by atoms with Crippen molar-refractivity contribution in [2.75, 3.05) is 4.72 Å². The first-order chi connectivity index (χ1) is 15.2. The number of carbonyl (C=O) groups is 1. The zero-order valence-electron chi connectivity index (χ0n) is 20.3. The second-order valence-corrected chi connectivity index (χ2v) is 8.58. The first-order valence-corrected chi connectivity index (χ1v) is 12.3. The number of hydrogen-bond donors (Lipinski definition) is 1. The first kappa shape index (κ1) is 27.0. The Kier molecular flexibility index (Phi) is 10.3. The lowest BCUT2D eigenvalue weighted by Gasteiger charge is -2.15. The van der Waals surface area contributed by atoms with Crippen LogP contribution >= 0.6 is 0 Å². The summed E-state index contributed by atoms with van der Waals surface area (Å²) in [5.41, 5.74) is 4.32. The molecule has 0 atom stereocenters. The van der Waals surface area contributed by atoms with Gasteiger partial charge >= 0.3 is 0 Å². The number of benzene rings is 2. The third-order valence-corrected chi connectivity index (χ3v) is 6.06. The Balaban J connectivity index is 0.00000121. The van der Waals surface area contributed by atoms with Crippen molar-refractivity contribution in [1.82, 2.24) is 4.98 Å². The van der Waals surface area contributed by atoms with Crippen LogP contribution in [0.1, 0.15) is 66.0 Å². The molecule has 5 nitrogen and oxygen atoms in total. The van der Waals surface area contributed by atoms with Crippen LogP contribution in [0, 0.1) is 27.7 Å². The number of ketones is 1. The largest absolute Gasteiger partial charge is 0.287 e. The molecule has 3 rings (SSSR count). The number of aryl methyl sites for hydroxylation is 4. The van der Waals surface area contributed by atoms with Crippen molar-refractivity contribution in [2.45, 2.75) is 60.3 Å². The fourth-order valence-electron chi connectivity index (χ4n) is 2.86. The number of nitrogens with zero attached hydrogens (tertiary/aromatic N) is 1. The normalized spacial score (nSPS) is 10.2. The molecule has 2 aromatic carbocycles. The van der Waals surface area contributed by atoms with Gasteiger partial charge in [-0.3, -0.25) is 14.5 Å². The van der Waals surface area contributed by atoms with Crippen molar-refractivity contribution in [3.05, 3.63) is 88.2 Å². The quantitative estimate of drug-likeness (QED) is 0.453. The number of anilines is 1. The number of pyridine rings is 1. The maximum absolute atomic E-state index is 13.1. The molecule has 1 heterocycles. The Morgan fingerprint density at radius 1 is 0.812 bits per heavy atom. The van der Waals surface area contributed by atoms with Crippen molar-refractivity contribution in [2.24, 2.45) is 0 Å². The SMILES string of the molecule is CC.CC.Cc1ccc(S(=O)(=O)Nc2cc(C)c(C)cc2C(=O)c2ncccc2C)cc1. The highest BCUT2D eigenvalue weighted by Gasteiger charge is 2.22. The van der Waals surface area contributed by atoms with Gasteiger partial charge in [0.1, 0.15) is 5.69 Å². The van der Waals surface area contributed by atoms with Crippen LogP contribution < -0.4 is 4.72 Å². The fourth-order valence-corrected chi connectivity index (χ4v) is 3.93. The van der Waals surface area contributed by atoms with Crippen LogP contribution in [0.2, 0.25) is 0 Å². The van der Waals surface area contributed by atoms with Crippen LogP contribution in [0.5, 0.6) is 0 Å². The summed E-state index contributed by atoms with van der Waals surface area (Å²) in [4.78, 5) is 17.4. The first-order valence-electron chi connectivity index (χ1n) is 10.9. The summed E-state index contributed by atoms with van der Waals surface area (Å²) in [5.74, 6) is -0.317. The highest BCUT2D eigenvalue weighted by molar-refractivity contribution is 7.92. The molecule has 0 amide bonds. The standard InChI is InChI=1S/C22H22N2O3S.2C2H6/c1-14-7-9-18(10-8-14)28(26,27)24-20-13-17(4)16(3)12-19(20)22(25)21-15(2)6-5-11-23-21;2*1-2/h5-13,24H,1-4H3;2*1-2H3. The van der Waals surface area contributed by atoms with E-state index in [1.165, 1.54) is 0 Å². The molecule has 0 fully saturated rings. The number of carbonyl (C=O) groups excluding carboxylic acids is 1. The third-order valence-electron chi connectivity index (χ3n) is 4.68. The molecule has 0 radical (unpaired) electrons. The molecule has 172 valence electrons. The van der Waals surface area contributed by atoms with Crippen molar-refractivity contribution >= 4 is 21.5 Å². The van der Waals surface area contributed by atoms with Crippen LogP contribution in [-0.2, 0) is 10.0 Å². The Hall–Kier alpha value is -2.99. The summed E-state index contributed by atoms with van der Waals surface area (Å²) >= 11 is 0. The van der Waals surface area contributed by atoms with E-state index in [0.717, 1.165) is 22.3 Å². The highest BCUT2D eigenvalue weighted by atomic mass is 32.2. The van der Waals surface area contributed by atoms with Crippen LogP contribution in [0.4, 0.5) is 5.69 Å². The molecule has 0 unspecified atom stereocenters. The molecule has 0 saturated heterocycles. The van der Waals surface area contributed by atoms with E-state index in [1.807, 2.05) is 48.5 Å². The molecule has 32 heavy (non-hydrogen) atoms. The van der Waals surface area contributed by atoms with Gasteiger partial charge in [-0.25, -0.2) is 8.42 Å². The summed E-state index contributed by atoms with van der Waals surface area (Å²) in [5, 5.41) is 0. The van der Waals surface area contributed by atoms with Crippen molar-refractivity contribution in [3.8, 4) is 0 Å². The second kappa shape index (κ2) is 12.2. The predicted octanol–water partition coefficient (Wildman–Crippen LogP) is 6.40. The van der Waals surface area contributed by atoms with Gasteiger partial charge in [-0.2, -0.15) is 0 Å². The number of hydrogen-bond acceptors (Lipinski definition) is 4. The molecule has 1 N–H and O–H groups in total. The van der Waals surface area contributed by atoms with Gasteiger partial charge in [0.2, 0.25) is 5.78 Å². The van der Waals surface area contributed by atoms with Crippen LogP contribution in [0.25, 0.3) is 0 Å². The minimum atomic E-state index is -3.83. The average Bonchev–Trinajstić information content (AvgIpc) is 2.79. The van der Waals surface area contributed by atoms with Gasteiger partial charge in [0.15, 0.2) is 0 Å². The van der Waals surface area contributed by atoms with Gasteiger partial charge in [-0.1, -0.05) is 51.5 Å². The lowest BCUT2D eigenvalue weighted by atomic mass is 9.98. The summed E-state index contributed by atoms with van der Waals surface area (Å²) < 4.78 is 28.3. The summed E-state index contributed by atoms with van der Waals surface area (Å²) in [6, 6.07) is 13.5. The van der Waals surface area contributed by atoms with Gasteiger partial charge < -0.3 is 0 Å². The van der Waals surface area contributed by atoms with E-state index in [9.17, 15) is 13.2 Å². The zero-order chi connectivity index (χ0) is 24.5. The van der Waals surface area contributed by atoms with Gasteiger partial charge in [0.25, 0.3) is 10.0 Å². The summed E-state index contributed by atoms with van der Waals surface area (Å²) in [6.45, 7) is 15.4. The predicted molar refractivity (Wildman–Crippen MR) is 133 cm³/mol. The van der Waals surface area contributed by atoms with Crippen molar-refractivity contribution in [3.63, 3.8) is 0 Å². The van der Waals surface area contributed by atoms with E-state index in [4.69, 9.17) is 0 Å². The molecule has 0 aliphatic carbocycles. The molecular formula is C26H34N2O3S. The summed E-state index contributed by atoms with van der Waals surface area (Å²) in [7, 11) is -3.83. The molecule has 3 aromatic rings. The monoisotopic (exact) mass is 454 g/mol. The highest BCUT2D eigenvalue weighted by Crippen LogP contribution is 2.27. The van der Waals surface area contributed by atoms with E-state index in [2.05, 4.69) is 9.71 Å². The molecular weight excluding hydrogens is 420 g/mol. The van der Waals surface area contributed by atoms with Gasteiger partial charge in [0.05, 0.1) is 10.6 Å². The van der Waals surface area contributed by atoms with Crippen LogP contribution in [0.3, 0.4) is 0 Å². The molecule has 0 spiro atoms. The lowest BCUT2D eigenvalue weighted by molar-refractivity contribution is 0.103.